The second-order valence-electron chi connectivity index (χ2n) is 4.85. The monoisotopic (exact) mass is 233 g/mol. The van der Waals surface area contributed by atoms with Crippen molar-refractivity contribution in [3.05, 3.63) is 29.8 Å². The number of hydrogen-bond acceptors (Lipinski definition) is 2. The molecule has 0 heterocycles. The topological polar surface area (TPSA) is 49.3 Å². The molecule has 1 atom stereocenters. The second kappa shape index (κ2) is 5.21. The van der Waals surface area contributed by atoms with Crippen LogP contribution in [-0.4, -0.2) is 17.1 Å². The van der Waals surface area contributed by atoms with Crippen LogP contribution in [0.5, 0.6) is 5.75 Å². The summed E-state index contributed by atoms with van der Waals surface area (Å²) in [5.41, 5.74) is 0.686. The fourth-order valence-corrected chi connectivity index (χ4v) is 2.20. The summed E-state index contributed by atoms with van der Waals surface area (Å²) in [4.78, 5) is 11.8. The lowest BCUT2D eigenvalue weighted by Gasteiger charge is -2.31. The molecule has 3 heteroatoms. The molecule has 1 aromatic rings. The van der Waals surface area contributed by atoms with Gasteiger partial charge in [-0.15, -0.1) is 0 Å². The highest BCUT2D eigenvalue weighted by Crippen LogP contribution is 2.29. The lowest BCUT2D eigenvalue weighted by Crippen LogP contribution is -2.41. The molecule has 1 aliphatic carbocycles. The molecule has 1 fully saturated rings. The molecule has 1 amide bonds. The van der Waals surface area contributed by atoms with Crippen LogP contribution in [0, 0.1) is 5.92 Å². The number of phenolic OH excluding ortho intramolecular Hbond substituents is 1. The summed E-state index contributed by atoms with van der Waals surface area (Å²) in [5, 5.41) is 12.6. The Morgan fingerprint density at radius 2 is 2.18 bits per heavy atom. The highest BCUT2D eigenvalue weighted by Gasteiger charge is 2.24. The third-order valence-electron chi connectivity index (χ3n) is 3.59. The van der Waals surface area contributed by atoms with Gasteiger partial charge in [0.25, 0.3) is 0 Å². The number of carbonyl (C=O) groups excluding carboxylic acids is 1. The van der Waals surface area contributed by atoms with Gasteiger partial charge in [-0.05, 0) is 31.7 Å². The summed E-state index contributed by atoms with van der Waals surface area (Å²) in [5.74, 6) is 0.827. The number of amides is 1. The molecule has 1 aliphatic rings. The van der Waals surface area contributed by atoms with Crippen molar-refractivity contribution in [1.29, 1.82) is 0 Å². The van der Waals surface area contributed by atoms with E-state index in [9.17, 15) is 9.90 Å². The van der Waals surface area contributed by atoms with E-state index in [1.807, 2.05) is 6.07 Å². The van der Waals surface area contributed by atoms with E-state index < -0.39 is 0 Å². The molecule has 0 bridgehead atoms. The zero-order valence-electron chi connectivity index (χ0n) is 10.1. The smallest absolute Gasteiger partial charge is 0.224 e. The van der Waals surface area contributed by atoms with Gasteiger partial charge in [-0.25, -0.2) is 0 Å². The molecule has 0 aromatic heterocycles. The standard InChI is InChI=1S/C14H19NO2/c1-10(11-6-4-7-11)15-14(17)9-12-5-2-3-8-13(12)16/h2-3,5,8,10-11,16H,4,6-7,9H2,1H3,(H,15,17). The largest absolute Gasteiger partial charge is 0.508 e. The quantitative estimate of drug-likeness (QED) is 0.838. The summed E-state index contributed by atoms with van der Waals surface area (Å²) in [6.07, 6.45) is 3.98. The number of para-hydroxylation sites is 1. The van der Waals surface area contributed by atoms with Crippen molar-refractivity contribution in [2.24, 2.45) is 5.92 Å². The molecule has 1 aromatic carbocycles. The number of aromatic hydroxyl groups is 1. The first kappa shape index (κ1) is 12.0. The van der Waals surface area contributed by atoms with Crippen molar-refractivity contribution >= 4 is 5.91 Å². The van der Waals surface area contributed by atoms with E-state index in [1.165, 1.54) is 19.3 Å². The summed E-state index contributed by atoms with van der Waals surface area (Å²) < 4.78 is 0. The summed E-state index contributed by atoms with van der Waals surface area (Å²) >= 11 is 0. The fraction of sp³-hybridized carbons (Fsp3) is 0.500. The van der Waals surface area contributed by atoms with Crippen LogP contribution in [0.4, 0.5) is 0 Å². The van der Waals surface area contributed by atoms with Crippen molar-refractivity contribution in [3.63, 3.8) is 0 Å². The Balaban J connectivity index is 1.86. The molecular formula is C14H19NO2. The minimum Gasteiger partial charge on any atom is -0.508 e. The second-order valence-corrected chi connectivity index (χ2v) is 4.85. The number of hydrogen-bond donors (Lipinski definition) is 2. The molecular weight excluding hydrogens is 214 g/mol. The number of carbonyl (C=O) groups is 1. The predicted octanol–water partition coefficient (Wildman–Crippen LogP) is 2.24. The Morgan fingerprint density at radius 1 is 1.47 bits per heavy atom. The van der Waals surface area contributed by atoms with Gasteiger partial charge in [-0.3, -0.25) is 4.79 Å². The molecule has 2 rings (SSSR count). The van der Waals surface area contributed by atoms with E-state index in [4.69, 9.17) is 0 Å². The maximum Gasteiger partial charge on any atom is 0.224 e. The maximum absolute atomic E-state index is 11.8. The van der Waals surface area contributed by atoms with Crippen molar-refractivity contribution in [1.82, 2.24) is 5.32 Å². The van der Waals surface area contributed by atoms with Crippen LogP contribution < -0.4 is 5.32 Å². The molecule has 0 radical (unpaired) electrons. The molecule has 0 aliphatic heterocycles. The molecule has 92 valence electrons. The van der Waals surface area contributed by atoms with Crippen LogP contribution in [0.1, 0.15) is 31.7 Å². The van der Waals surface area contributed by atoms with E-state index in [-0.39, 0.29) is 24.1 Å². The van der Waals surface area contributed by atoms with Gasteiger partial charge in [-0.1, -0.05) is 24.6 Å². The lowest BCUT2D eigenvalue weighted by molar-refractivity contribution is -0.121. The van der Waals surface area contributed by atoms with Crippen molar-refractivity contribution < 1.29 is 9.90 Å². The molecule has 0 saturated heterocycles. The van der Waals surface area contributed by atoms with Gasteiger partial charge >= 0.3 is 0 Å². The lowest BCUT2D eigenvalue weighted by atomic mass is 9.80. The zero-order chi connectivity index (χ0) is 12.3. The summed E-state index contributed by atoms with van der Waals surface area (Å²) in [6.45, 7) is 2.06. The van der Waals surface area contributed by atoms with Gasteiger partial charge in [0.05, 0.1) is 6.42 Å². The van der Waals surface area contributed by atoms with Crippen molar-refractivity contribution in [2.45, 2.75) is 38.6 Å². The van der Waals surface area contributed by atoms with E-state index in [0.717, 1.165) is 0 Å². The van der Waals surface area contributed by atoms with Gasteiger partial charge in [0.1, 0.15) is 5.75 Å². The Hall–Kier alpha value is -1.51. The minimum absolute atomic E-state index is 0.00843. The van der Waals surface area contributed by atoms with Crippen LogP contribution in [0.25, 0.3) is 0 Å². The van der Waals surface area contributed by atoms with Gasteiger partial charge in [0.2, 0.25) is 5.91 Å². The number of rotatable bonds is 4. The first-order chi connectivity index (χ1) is 8.16. The van der Waals surface area contributed by atoms with E-state index in [0.29, 0.717) is 11.5 Å². The van der Waals surface area contributed by atoms with Crippen LogP contribution in [0.15, 0.2) is 24.3 Å². The summed E-state index contributed by atoms with van der Waals surface area (Å²) in [6, 6.07) is 7.23. The van der Waals surface area contributed by atoms with Crippen LogP contribution in [0.2, 0.25) is 0 Å². The minimum atomic E-state index is -0.00843. The molecule has 0 spiro atoms. The van der Waals surface area contributed by atoms with Gasteiger partial charge in [0.15, 0.2) is 0 Å². The average Bonchev–Trinajstić information content (AvgIpc) is 2.18. The third kappa shape index (κ3) is 2.99. The van der Waals surface area contributed by atoms with Gasteiger partial charge < -0.3 is 10.4 Å². The van der Waals surface area contributed by atoms with Crippen LogP contribution >= 0.6 is 0 Å². The van der Waals surface area contributed by atoms with Crippen LogP contribution in [-0.2, 0) is 11.2 Å². The first-order valence-corrected chi connectivity index (χ1v) is 6.23. The van der Waals surface area contributed by atoms with Crippen LogP contribution in [0.3, 0.4) is 0 Å². The summed E-state index contributed by atoms with van der Waals surface area (Å²) in [7, 11) is 0. The normalized spacial score (nSPS) is 17.2. The molecule has 17 heavy (non-hydrogen) atoms. The Bertz CT molecular complexity index is 399. The number of benzene rings is 1. The van der Waals surface area contributed by atoms with Crippen molar-refractivity contribution in [2.75, 3.05) is 0 Å². The highest BCUT2D eigenvalue weighted by molar-refractivity contribution is 5.79. The fourth-order valence-electron chi connectivity index (χ4n) is 2.20. The number of nitrogens with one attached hydrogen (secondary N) is 1. The average molecular weight is 233 g/mol. The Kier molecular flexibility index (Phi) is 3.67. The SMILES string of the molecule is CC(NC(=O)Cc1ccccc1O)C1CCC1. The van der Waals surface area contributed by atoms with Crippen molar-refractivity contribution in [3.8, 4) is 5.75 Å². The zero-order valence-corrected chi connectivity index (χ0v) is 10.1. The van der Waals surface area contributed by atoms with Gasteiger partial charge in [-0.2, -0.15) is 0 Å². The maximum atomic E-state index is 11.8. The van der Waals surface area contributed by atoms with E-state index in [1.54, 1.807) is 18.2 Å². The molecule has 3 nitrogen and oxygen atoms in total. The first-order valence-electron chi connectivity index (χ1n) is 6.23. The Labute approximate surface area is 102 Å². The van der Waals surface area contributed by atoms with Gasteiger partial charge in [0, 0.05) is 11.6 Å². The highest BCUT2D eigenvalue weighted by atomic mass is 16.3. The van der Waals surface area contributed by atoms with E-state index >= 15 is 0 Å². The predicted molar refractivity (Wildman–Crippen MR) is 66.8 cm³/mol. The van der Waals surface area contributed by atoms with E-state index in [2.05, 4.69) is 12.2 Å². The molecule has 1 unspecified atom stereocenters. The molecule has 1 saturated carbocycles. The Morgan fingerprint density at radius 3 is 2.76 bits per heavy atom. The number of phenols is 1. The third-order valence-corrected chi connectivity index (χ3v) is 3.59. The molecule has 2 N–H and O–H groups in total.